The molecule has 5 rings (SSSR count). The van der Waals surface area contributed by atoms with Crippen LogP contribution in [0, 0.1) is 5.41 Å². The molecule has 9 heteroatoms. The van der Waals surface area contributed by atoms with Gasteiger partial charge in [0.15, 0.2) is 0 Å². The molecular formula is C30H35N3O5S. The summed E-state index contributed by atoms with van der Waals surface area (Å²) in [4.78, 5) is 29.4. The number of ether oxygens (including phenoxy) is 2. The van der Waals surface area contributed by atoms with Gasteiger partial charge < -0.3 is 29.2 Å². The number of nitrogens with one attached hydrogen (secondary N) is 1. The fourth-order valence-electron chi connectivity index (χ4n) is 5.57. The van der Waals surface area contributed by atoms with Gasteiger partial charge >= 0.3 is 0 Å². The fourth-order valence-corrected chi connectivity index (χ4v) is 6.31. The van der Waals surface area contributed by atoms with Gasteiger partial charge in [-0.25, -0.2) is 4.98 Å². The highest BCUT2D eigenvalue weighted by Gasteiger charge is 2.43. The van der Waals surface area contributed by atoms with E-state index < -0.39 is 11.4 Å². The van der Waals surface area contributed by atoms with Gasteiger partial charge in [-0.3, -0.25) is 4.79 Å². The summed E-state index contributed by atoms with van der Waals surface area (Å²) < 4.78 is 12.5. The van der Waals surface area contributed by atoms with E-state index in [1.807, 2.05) is 53.9 Å². The van der Waals surface area contributed by atoms with Crippen LogP contribution in [0.4, 0.5) is 0 Å². The summed E-state index contributed by atoms with van der Waals surface area (Å²) in [6.45, 7) is 5.80. The number of amides is 1. The van der Waals surface area contributed by atoms with Crippen LogP contribution in [0.25, 0.3) is 11.3 Å². The first kappa shape index (κ1) is 27.3. The Labute approximate surface area is 233 Å². The van der Waals surface area contributed by atoms with Crippen LogP contribution in [-0.2, 0) is 33.7 Å². The second kappa shape index (κ2) is 11.9. The molecule has 39 heavy (non-hydrogen) atoms. The molecule has 2 aliphatic rings. The molecule has 2 aromatic carbocycles. The standard InChI is InChI=1S/C30H35N3O5S/c1-33(12-15-37-16-13-33)11-4-14-38-25-9-7-22(8-10-25)26-21-39-27(32-26)20-31-29(36)30(19-28(34)35)17-23-5-2-3-6-24(23)18-30/h2-3,5-10,21H,4,11-20H2,1H3,(H-,31,34,35,36). The molecule has 206 valence electrons. The highest BCUT2D eigenvalue weighted by Crippen LogP contribution is 2.40. The van der Waals surface area contributed by atoms with Crippen molar-refractivity contribution < 1.29 is 28.7 Å². The molecule has 1 aliphatic heterocycles. The van der Waals surface area contributed by atoms with Crippen molar-refractivity contribution in [3.05, 3.63) is 70.0 Å². The molecule has 0 atom stereocenters. The maximum absolute atomic E-state index is 13.2. The third-order valence-corrected chi connectivity index (χ3v) is 8.75. The predicted octanol–water partition coefficient (Wildman–Crippen LogP) is 2.60. The van der Waals surface area contributed by atoms with E-state index in [0.717, 1.165) is 76.9 Å². The molecule has 1 saturated heterocycles. The van der Waals surface area contributed by atoms with Crippen LogP contribution < -0.4 is 15.2 Å². The van der Waals surface area contributed by atoms with Crippen LogP contribution >= 0.6 is 11.3 Å². The number of carbonyl (C=O) groups is 2. The molecule has 3 aromatic rings. The lowest BCUT2D eigenvalue weighted by molar-refractivity contribution is -0.917. The second-order valence-corrected chi connectivity index (χ2v) is 11.8. The molecule has 2 heterocycles. The lowest BCUT2D eigenvalue weighted by atomic mass is 9.80. The van der Waals surface area contributed by atoms with Crippen LogP contribution in [0.3, 0.4) is 0 Å². The van der Waals surface area contributed by atoms with Crippen LogP contribution in [0.1, 0.15) is 29.0 Å². The Kier molecular flexibility index (Phi) is 8.30. The molecule has 0 unspecified atom stereocenters. The van der Waals surface area contributed by atoms with Gasteiger partial charge in [0.05, 0.1) is 51.1 Å². The van der Waals surface area contributed by atoms with E-state index >= 15 is 0 Å². The number of thiazole rings is 1. The number of benzene rings is 2. The van der Waals surface area contributed by atoms with Gasteiger partial charge in [-0.2, -0.15) is 0 Å². The van der Waals surface area contributed by atoms with Gasteiger partial charge in [0.1, 0.15) is 23.8 Å². The number of carboxylic acids is 1. The normalized spacial score (nSPS) is 17.4. The first-order valence-corrected chi connectivity index (χ1v) is 14.4. The number of aliphatic carboxylic acids is 1. The van der Waals surface area contributed by atoms with Gasteiger partial charge in [-0.15, -0.1) is 11.3 Å². The van der Waals surface area contributed by atoms with Crippen molar-refractivity contribution in [2.75, 3.05) is 46.5 Å². The van der Waals surface area contributed by atoms with Crippen molar-refractivity contribution in [2.24, 2.45) is 5.41 Å². The first-order chi connectivity index (χ1) is 18.8. The van der Waals surface area contributed by atoms with Gasteiger partial charge in [0, 0.05) is 29.8 Å². The Balaban J connectivity index is 1.12. The van der Waals surface area contributed by atoms with Crippen molar-refractivity contribution in [2.45, 2.75) is 32.2 Å². The summed E-state index contributed by atoms with van der Waals surface area (Å²) in [5.41, 5.74) is 2.82. The molecule has 0 radical (unpaired) electrons. The zero-order valence-electron chi connectivity index (χ0n) is 22.3. The maximum atomic E-state index is 13.2. The third-order valence-electron chi connectivity index (χ3n) is 7.90. The number of aromatic nitrogens is 1. The predicted molar refractivity (Wildman–Crippen MR) is 147 cm³/mol. The Hall–Kier alpha value is -3.27. The minimum atomic E-state index is -1.21. The molecule has 0 saturated carbocycles. The van der Waals surface area contributed by atoms with Crippen LogP contribution in [0.15, 0.2) is 53.9 Å². The van der Waals surface area contributed by atoms with Crippen molar-refractivity contribution in [3.63, 3.8) is 0 Å². The zero-order valence-corrected chi connectivity index (χ0v) is 23.1. The number of hydrogen-bond donors (Lipinski definition) is 1. The van der Waals surface area contributed by atoms with Gasteiger partial charge in [0.2, 0.25) is 5.91 Å². The molecule has 8 nitrogen and oxygen atoms in total. The first-order valence-electron chi connectivity index (χ1n) is 13.5. The van der Waals surface area contributed by atoms with E-state index in [2.05, 4.69) is 17.3 Å². The number of carboxylic acid groups (broad SMARTS) is 1. The Morgan fingerprint density at radius 3 is 2.46 bits per heavy atom. The number of fused-ring (bicyclic) bond motifs is 1. The van der Waals surface area contributed by atoms with Crippen LogP contribution in [0.2, 0.25) is 0 Å². The minimum absolute atomic E-state index is 0.249. The van der Waals surface area contributed by atoms with E-state index in [1.165, 1.54) is 11.3 Å². The number of rotatable bonds is 11. The van der Waals surface area contributed by atoms with E-state index in [1.54, 1.807) is 0 Å². The minimum Gasteiger partial charge on any atom is -0.550 e. The largest absolute Gasteiger partial charge is 0.550 e. The lowest BCUT2D eigenvalue weighted by Crippen LogP contribution is -2.52. The monoisotopic (exact) mass is 549 g/mol. The zero-order chi connectivity index (χ0) is 27.3. The van der Waals surface area contributed by atoms with Gasteiger partial charge in [-0.05, 0) is 48.2 Å². The molecule has 1 fully saturated rings. The number of quaternary nitrogens is 1. The molecule has 1 aromatic heterocycles. The maximum Gasteiger partial charge on any atom is 0.227 e. The Morgan fingerprint density at radius 1 is 1.10 bits per heavy atom. The van der Waals surface area contributed by atoms with Gasteiger partial charge in [0.25, 0.3) is 0 Å². The quantitative estimate of drug-likeness (QED) is 0.292. The fraction of sp³-hybridized carbons (Fsp3) is 0.433. The number of carbonyl (C=O) groups excluding carboxylic acids is 2. The molecule has 1 amide bonds. The van der Waals surface area contributed by atoms with Gasteiger partial charge in [-0.1, -0.05) is 24.3 Å². The van der Waals surface area contributed by atoms with Crippen molar-refractivity contribution in [3.8, 4) is 17.0 Å². The lowest BCUT2D eigenvalue weighted by Gasteiger charge is -2.37. The van der Waals surface area contributed by atoms with Crippen molar-refractivity contribution >= 4 is 23.2 Å². The summed E-state index contributed by atoms with van der Waals surface area (Å²) in [7, 11) is 2.28. The van der Waals surface area contributed by atoms with Crippen molar-refractivity contribution in [1.29, 1.82) is 0 Å². The SMILES string of the molecule is C[N+]1(CCCOc2ccc(-c3csc(CNC(=O)C4(CC(=O)[O-])Cc5ccccc5C4)n3)cc2)CCOCC1. The number of morpholine rings is 1. The van der Waals surface area contributed by atoms with E-state index in [-0.39, 0.29) is 18.9 Å². The van der Waals surface area contributed by atoms with Crippen molar-refractivity contribution in [1.82, 2.24) is 10.3 Å². The summed E-state index contributed by atoms with van der Waals surface area (Å²) in [5.74, 6) is -0.651. The Bertz CT molecular complexity index is 1270. The van der Waals surface area contributed by atoms with Crippen LogP contribution in [0.5, 0.6) is 5.75 Å². The third kappa shape index (κ3) is 6.66. The topological polar surface area (TPSA) is 101 Å². The highest BCUT2D eigenvalue weighted by molar-refractivity contribution is 7.09. The number of likely N-dealkylation sites (N-methyl/N-ethyl adjacent to an activating group) is 1. The average molecular weight is 550 g/mol. The second-order valence-electron chi connectivity index (χ2n) is 10.9. The summed E-state index contributed by atoms with van der Waals surface area (Å²) in [6, 6.07) is 15.6. The summed E-state index contributed by atoms with van der Waals surface area (Å²) in [5, 5.41) is 17.2. The van der Waals surface area contributed by atoms with E-state index in [4.69, 9.17) is 9.47 Å². The summed E-state index contributed by atoms with van der Waals surface area (Å²) in [6.07, 6.45) is 1.48. The molecule has 0 bridgehead atoms. The number of nitrogens with zero attached hydrogens (tertiary/aromatic N) is 2. The smallest absolute Gasteiger partial charge is 0.227 e. The van der Waals surface area contributed by atoms with E-state index in [0.29, 0.717) is 19.4 Å². The van der Waals surface area contributed by atoms with Crippen LogP contribution in [-0.4, -0.2) is 67.8 Å². The molecule has 0 spiro atoms. The van der Waals surface area contributed by atoms with E-state index in [9.17, 15) is 14.7 Å². The number of hydrogen-bond acceptors (Lipinski definition) is 7. The molecular weight excluding hydrogens is 514 g/mol. The Morgan fingerprint density at radius 2 is 1.79 bits per heavy atom. The average Bonchev–Trinajstić information content (AvgIpc) is 3.55. The highest BCUT2D eigenvalue weighted by atomic mass is 32.1. The molecule has 1 aliphatic carbocycles. The molecule has 1 N–H and O–H groups in total. The summed E-state index contributed by atoms with van der Waals surface area (Å²) >= 11 is 1.47.